The van der Waals surface area contributed by atoms with Crippen LogP contribution in [-0.2, 0) is 9.59 Å². The molecule has 0 saturated heterocycles. The molecule has 32 heavy (non-hydrogen) atoms. The number of hydrogen-bond acceptors (Lipinski definition) is 5. The number of fused-ring (bicyclic) bond motifs is 5. The molecule has 6 nitrogen and oxygen atoms in total. The summed E-state index contributed by atoms with van der Waals surface area (Å²) in [5.74, 6) is 9.87. The minimum Gasteiger partial charge on any atom is -0.477 e. The number of carbonyl (C=O) groups excluding carboxylic acids is 1. The first kappa shape index (κ1) is 25.1. The standard InChI is InChI=1S/C24H39N3O3.C2H6/c1-14-3-5-16-15(11-14)4-6-18-17(16)9-10-24(2)19(18)7-8-20(24)22(28)13-27(26)12-21(25)23(29)30;1-2/h12,14-20H,3-11,13,25-26H2,1-2H3,(H,29,30);1-2H3/b21-12-;. The van der Waals surface area contributed by atoms with Crippen LogP contribution >= 0.6 is 0 Å². The van der Waals surface area contributed by atoms with Gasteiger partial charge in [0.25, 0.3) is 0 Å². The molecule has 0 heterocycles. The van der Waals surface area contributed by atoms with Gasteiger partial charge in [0.05, 0.1) is 6.54 Å². The molecule has 4 saturated carbocycles. The second kappa shape index (κ2) is 10.1. The Bertz CT molecular complexity index is 723. The molecule has 0 aromatic carbocycles. The second-order valence-electron chi connectivity index (χ2n) is 11.1. The van der Waals surface area contributed by atoms with Crippen molar-refractivity contribution < 1.29 is 14.7 Å². The Kier molecular flexibility index (Phi) is 7.95. The predicted octanol–water partition coefficient (Wildman–Crippen LogP) is 4.55. The SMILES string of the molecule is CC.CC1CCC2C(CCC3C2CCC2(C)C(C(=O)CN(N)/C=C(\N)C(=O)O)CCC32)C1. The summed E-state index contributed by atoms with van der Waals surface area (Å²) in [6, 6.07) is 0. The molecule has 4 rings (SSSR count). The van der Waals surface area contributed by atoms with Crippen molar-refractivity contribution in [1.29, 1.82) is 0 Å². The van der Waals surface area contributed by atoms with E-state index in [-0.39, 0.29) is 29.4 Å². The third kappa shape index (κ3) is 4.71. The van der Waals surface area contributed by atoms with E-state index >= 15 is 0 Å². The largest absolute Gasteiger partial charge is 0.477 e. The normalized spacial score (nSPS) is 40.8. The third-order valence-corrected chi connectivity index (χ3v) is 9.50. The number of aliphatic carboxylic acids is 1. The number of carboxylic acid groups (broad SMARTS) is 1. The van der Waals surface area contributed by atoms with E-state index in [0.717, 1.165) is 60.1 Å². The molecule has 0 aromatic heterocycles. The molecule has 5 N–H and O–H groups in total. The molecule has 8 atom stereocenters. The smallest absolute Gasteiger partial charge is 0.353 e. The van der Waals surface area contributed by atoms with Crippen LogP contribution in [0.2, 0.25) is 0 Å². The Labute approximate surface area is 194 Å². The number of carboxylic acids is 1. The number of Topliss-reactive ketones (excluding diaryl/α,β-unsaturated/α-hetero) is 1. The molecule has 0 spiro atoms. The third-order valence-electron chi connectivity index (χ3n) is 9.50. The zero-order valence-corrected chi connectivity index (χ0v) is 20.6. The maximum atomic E-state index is 13.2. The van der Waals surface area contributed by atoms with Gasteiger partial charge in [-0.3, -0.25) is 4.79 Å². The number of rotatable bonds is 5. The van der Waals surface area contributed by atoms with Gasteiger partial charge >= 0.3 is 5.97 Å². The first-order valence-corrected chi connectivity index (χ1v) is 12.9. The Morgan fingerprint density at radius 1 is 1.03 bits per heavy atom. The van der Waals surface area contributed by atoms with Crippen LogP contribution in [0, 0.1) is 46.8 Å². The van der Waals surface area contributed by atoms with Crippen molar-refractivity contribution in [2.75, 3.05) is 6.54 Å². The summed E-state index contributed by atoms with van der Waals surface area (Å²) < 4.78 is 0. The van der Waals surface area contributed by atoms with Crippen LogP contribution < -0.4 is 11.6 Å². The first-order chi connectivity index (χ1) is 15.2. The fraction of sp³-hybridized carbons (Fsp3) is 0.846. The quantitative estimate of drug-likeness (QED) is 0.324. The summed E-state index contributed by atoms with van der Waals surface area (Å²) in [5, 5.41) is 10.1. The highest BCUT2D eigenvalue weighted by Gasteiger charge is 2.58. The molecule has 6 heteroatoms. The van der Waals surface area contributed by atoms with Crippen molar-refractivity contribution in [3.8, 4) is 0 Å². The maximum absolute atomic E-state index is 13.2. The summed E-state index contributed by atoms with van der Waals surface area (Å²) in [5.41, 5.74) is 5.16. The lowest BCUT2D eigenvalue weighted by atomic mass is 9.49. The van der Waals surface area contributed by atoms with E-state index in [9.17, 15) is 9.59 Å². The molecule has 0 aliphatic heterocycles. The lowest BCUT2D eigenvalue weighted by Crippen LogP contribution is -2.50. The van der Waals surface area contributed by atoms with Crippen LogP contribution in [-0.4, -0.2) is 28.4 Å². The zero-order chi connectivity index (χ0) is 23.6. The molecule has 0 aromatic rings. The van der Waals surface area contributed by atoms with Crippen molar-refractivity contribution in [2.24, 2.45) is 58.4 Å². The molecule has 182 valence electrons. The summed E-state index contributed by atoms with van der Waals surface area (Å²) in [6.45, 7) is 8.80. The van der Waals surface area contributed by atoms with Gasteiger partial charge in [0.1, 0.15) is 5.70 Å². The van der Waals surface area contributed by atoms with E-state index in [2.05, 4.69) is 13.8 Å². The highest BCUT2D eigenvalue weighted by atomic mass is 16.4. The van der Waals surface area contributed by atoms with Gasteiger partial charge in [-0.05, 0) is 92.3 Å². The average molecular weight is 448 g/mol. The van der Waals surface area contributed by atoms with E-state index in [0.29, 0.717) is 5.92 Å². The molecule has 0 bridgehead atoms. The van der Waals surface area contributed by atoms with Gasteiger partial charge in [-0.2, -0.15) is 0 Å². The van der Waals surface area contributed by atoms with Gasteiger partial charge in [-0.25, -0.2) is 10.6 Å². The highest BCUT2D eigenvalue weighted by molar-refractivity contribution is 5.86. The van der Waals surface area contributed by atoms with Crippen LogP contribution in [0.15, 0.2) is 11.9 Å². The van der Waals surface area contributed by atoms with E-state index in [1.165, 1.54) is 38.5 Å². The summed E-state index contributed by atoms with van der Waals surface area (Å²) in [4.78, 5) is 24.1. The zero-order valence-electron chi connectivity index (χ0n) is 20.6. The van der Waals surface area contributed by atoms with Gasteiger partial charge < -0.3 is 15.8 Å². The van der Waals surface area contributed by atoms with Gasteiger partial charge in [0.15, 0.2) is 5.78 Å². The van der Waals surface area contributed by atoms with Crippen molar-refractivity contribution >= 4 is 11.8 Å². The highest BCUT2D eigenvalue weighted by Crippen LogP contribution is 2.64. The molecular formula is C26H45N3O3. The van der Waals surface area contributed by atoms with E-state index in [4.69, 9.17) is 16.7 Å². The first-order valence-electron chi connectivity index (χ1n) is 12.9. The van der Waals surface area contributed by atoms with Crippen molar-refractivity contribution in [3.63, 3.8) is 0 Å². The van der Waals surface area contributed by atoms with E-state index in [1.54, 1.807) is 0 Å². The number of nitrogens with zero attached hydrogens (tertiary/aromatic N) is 1. The van der Waals surface area contributed by atoms with Crippen LogP contribution in [0.25, 0.3) is 0 Å². The fourth-order valence-corrected chi connectivity index (χ4v) is 8.19. The van der Waals surface area contributed by atoms with Gasteiger partial charge in [0, 0.05) is 12.1 Å². The van der Waals surface area contributed by atoms with Crippen LogP contribution in [0.1, 0.15) is 85.5 Å². The Morgan fingerprint density at radius 2 is 1.72 bits per heavy atom. The Morgan fingerprint density at radius 3 is 2.41 bits per heavy atom. The molecule has 0 radical (unpaired) electrons. The predicted molar refractivity (Wildman–Crippen MR) is 127 cm³/mol. The topological polar surface area (TPSA) is 110 Å². The monoisotopic (exact) mass is 447 g/mol. The fourth-order valence-electron chi connectivity index (χ4n) is 8.19. The Balaban J connectivity index is 0.00000141. The number of hydrogen-bond donors (Lipinski definition) is 3. The van der Waals surface area contributed by atoms with Crippen LogP contribution in [0.4, 0.5) is 0 Å². The van der Waals surface area contributed by atoms with Gasteiger partial charge in [-0.15, -0.1) is 0 Å². The molecule has 0 amide bonds. The van der Waals surface area contributed by atoms with Gasteiger partial charge in [0.2, 0.25) is 0 Å². The minimum absolute atomic E-state index is 0.0254. The summed E-state index contributed by atoms with van der Waals surface area (Å²) in [6.07, 6.45) is 12.6. The molecule has 8 unspecified atom stereocenters. The molecular weight excluding hydrogens is 402 g/mol. The lowest BCUT2D eigenvalue weighted by molar-refractivity contribution is -0.133. The van der Waals surface area contributed by atoms with Gasteiger partial charge in [-0.1, -0.05) is 34.1 Å². The second-order valence-corrected chi connectivity index (χ2v) is 11.1. The van der Waals surface area contributed by atoms with Crippen molar-refractivity contribution in [1.82, 2.24) is 5.01 Å². The molecule has 4 aliphatic carbocycles. The number of ketones is 1. The lowest BCUT2D eigenvalue weighted by Gasteiger charge is -2.56. The maximum Gasteiger partial charge on any atom is 0.353 e. The van der Waals surface area contributed by atoms with Crippen LogP contribution in [0.5, 0.6) is 0 Å². The van der Waals surface area contributed by atoms with Crippen molar-refractivity contribution in [3.05, 3.63) is 11.9 Å². The number of hydrazine groups is 1. The van der Waals surface area contributed by atoms with E-state index in [1.807, 2.05) is 13.8 Å². The molecule has 4 fully saturated rings. The minimum atomic E-state index is -1.23. The van der Waals surface area contributed by atoms with Crippen molar-refractivity contribution in [2.45, 2.75) is 85.5 Å². The number of carbonyl (C=O) groups is 2. The summed E-state index contributed by atoms with van der Waals surface area (Å²) in [7, 11) is 0. The average Bonchev–Trinajstić information content (AvgIpc) is 3.11. The van der Waals surface area contributed by atoms with E-state index < -0.39 is 5.97 Å². The summed E-state index contributed by atoms with van der Waals surface area (Å²) >= 11 is 0. The van der Waals surface area contributed by atoms with Crippen LogP contribution in [0.3, 0.4) is 0 Å². The number of nitrogens with two attached hydrogens (primary N) is 2. The Hall–Kier alpha value is -1.56. The molecule has 4 aliphatic rings.